The number of amides is 2. The van der Waals surface area contributed by atoms with Gasteiger partial charge in [-0.15, -0.1) is 0 Å². The monoisotopic (exact) mass is 379 g/mol. The summed E-state index contributed by atoms with van der Waals surface area (Å²) in [5, 5.41) is 5.40. The summed E-state index contributed by atoms with van der Waals surface area (Å²) in [6, 6.07) is 7.77. The Bertz CT molecular complexity index is 668. The van der Waals surface area contributed by atoms with E-state index in [0.717, 1.165) is 0 Å². The molecule has 1 aliphatic rings. The van der Waals surface area contributed by atoms with Crippen LogP contribution in [0.3, 0.4) is 0 Å². The Morgan fingerprint density at radius 3 is 2.73 bits per heavy atom. The average molecular weight is 379 g/mol. The van der Waals surface area contributed by atoms with Gasteiger partial charge in [-0.05, 0) is 24.4 Å². The fourth-order valence-corrected chi connectivity index (χ4v) is 2.76. The Hall–Kier alpha value is -2.52. The molecule has 2 amide bonds. The van der Waals surface area contributed by atoms with E-state index in [4.69, 9.17) is 21.7 Å². The molecule has 8 nitrogen and oxygen atoms in total. The first-order valence-corrected chi connectivity index (χ1v) is 8.53. The summed E-state index contributed by atoms with van der Waals surface area (Å²) in [5.74, 6) is -1.24. The second-order valence-electron chi connectivity index (χ2n) is 5.54. The quantitative estimate of drug-likeness (QED) is 0.410. The van der Waals surface area contributed by atoms with Gasteiger partial charge in [0.2, 0.25) is 5.91 Å². The van der Waals surface area contributed by atoms with Crippen molar-refractivity contribution in [1.29, 1.82) is 0 Å². The minimum absolute atomic E-state index is 0.100. The van der Waals surface area contributed by atoms with Gasteiger partial charge in [0, 0.05) is 25.8 Å². The van der Waals surface area contributed by atoms with Crippen LogP contribution in [0.2, 0.25) is 0 Å². The van der Waals surface area contributed by atoms with Crippen LogP contribution in [0.25, 0.3) is 0 Å². The Kier molecular flexibility index (Phi) is 7.49. The Labute approximate surface area is 156 Å². The predicted octanol–water partition coefficient (Wildman–Crippen LogP) is 0.0814. The SMILES string of the molecule is COCCOC(=O)CC1C(=O)NCCN1C(=S)NC(=O)c1ccccc1. The van der Waals surface area contributed by atoms with Crippen LogP contribution >= 0.6 is 12.2 Å². The molecule has 0 radical (unpaired) electrons. The Morgan fingerprint density at radius 1 is 1.31 bits per heavy atom. The van der Waals surface area contributed by atoms with E-state index in [0.29, 0.717) is 18.7 Å². The highest BCUT2D eigenvalue weighted by atomic mass is 32.1. The maximum atomic E-state index is 12.3. The van der Waals surface area contributed by atoms with Crippen molar-refractivity contribution >= 4 is 35.1 Å². The van der Waals surface area contributed by atoms with E-state index in [2.05, 4.69) is 10.6 Å². The van der Waals surface area contributed by atoms with Crippen LogP contribution in [-0.2, 0) is 19.1 Å². The zero-order valence-electron chi connectivity index (χ0n) is 14.4. The van der Waals surface area contributed by atoms with Crippen LogP contribution in [0.1, 0.15) is 16.8 Å². The van der Waals surface area contributed by atoms with E-state index >= 15 is 0 Å². The van der Waals surface area contributed by atoms with Crippen molar-refractivity contribution in [1.82, 2.24) is 15.5 Å². The lowest BCUT2D eigenvalue weighted by Crippen LogP contribution is -2.60. The van der Waals surface area contributed by atoms with Gasteiger partial charge in [-0.2, -0.15) is 0 Å². The smallest absolute Gasteiger partial charge is 0.308 e. The molecule has 0 aromatic heterocycles. The maximum absolute atomic E-state index is 12.3. The first-order chi connectivity index (χ1) is 12.5. The first kappa shape index (κ1) is 19.8. The van der Waals surface area contributed by atoms with E-state index < -0.39 is 12.0 Å². The van der Waals surface area contributed by atoms with Gasteiger partial charge in [0.05, 0.1) is 13.0 Å². The number of ether oxygens (including phenoxy) is 2. The average Bonchev–Trinajstić information content (AvgIpc) is 2.64. The third-order valence-electron chi connectivity index (χ3n) is 3.76. The number of nitrogens with zero attached hydrogens (tertiary/aromatic N) is 1. The number of esters is 1. The van der Waals surface area contributed by atoms with Crippen molar-refractivity contribution in [2.45, 2.75) is 12.5 Å². The number of carbonyl (C=O) groups is 3. The van der Waals surface area contributed by atoms with Crippen molar-refractivity contribution in [3.8, 4) is 0 Å². The summed E-state index contributed by atoms with van der Waals surface area (Å²) in [6.45, 7) is 1.14. The number of hydrogen-bond acceptors (Lipinski definition) is 6. The Morgan fingerprint density at radius 2 is 2.04 bits per heavy atom. The van der Waals surface area contributed by atoms with Gasteiger partial charge >= 0.3 is 5.97 Å². The highest BCUT2D eigenvalue weighted by Crippen LogP contribution is 2.11. The van der Waals surface area contributed by atoms with Crippen LogP contribution in [0.15, 0.2) is 30.3 Å². The molecule has 1 heterocycles. The summed E-state index contributed by atoms with van der Waals surface area (Å²) in [4.78, 5) is 37.9. The van der Waals surface area contributed by atoms with Gasteiger partial charge in [0.25, 0.3) is 5.91 Å². The molecule has 2 N–H and O–H groups in total. The molecule has 1 aromatic rings. The van der Waals surface area contributed by atoms with E-state index in [1.54, 1.807) is 30.3 Å². The highest BCUT2D eigenvalue weighted by molar-refractivity contribution is 7.80. The van der Waals surface area contributed by atoms with Crippen molar-refractivity contribution in [3.63, 3.8) is 0 Å². The molecule has 0 bridgehead atoms. The lowest BCUT2D eigenvalue weighted by Gasteiger charge is -2.36. The topological polar surface area (TPSA) is 97.0 Å². The zero-order chi connectivity index (χ0) is 18.9. The van der Waals surface area contributed by atoms with Gasteiger partial charge in [0.1, 0.15) is 12.6 Å². The fourth-order valence-electron chi connectivity index (χ4n) is 2.45. The lowest BCUT2D eigenvalue weighted by atomic mass is 10.1. The molecule has 9 heteroatoms. The molecule has 1 atom stereocenters. The number of nitrogens with one attached hydrogen (secondary N) is 2. The van der Waals surface area contributed by atoms with Crippen LogP contribution in [0.5, 0.6) is 0 Å². The first-order valence-electron chi connectivity index (χ1n) is 8.12. The number of rotatable bonds is 6. The molecule has 1 saturated heterocycles. The second-order valence-corrected chi connectivity index (χ2v) is 5.93. The summed E-state index contributed by atoms with van der Waals surface area (Å²) >= 11 is 5.28. The van der Waals surface area contributed by atoms with Crippen LogP contribution in [-0.4, -0.2) is 67.3 Å². The number of carbonyl (C=O) groups excluding carboxylic acids is 3. The summed E-state index contributed by atoms with van der Waals surface area (Å²) in [7, 11) is 1.50. The summed E-state index contributed by atoms with van der Waals surface area (Å²) in [5.41, 5.74) is 0.451. The standard InChI is InChI=1S/C17H21N3O5S/c1-24-9-10-25-14(21)11-13-16(23)18-7-8-20(13)17(26)19-15(22)12-5-3-2-4-6-12/h2-6,13H,7-11H2,1H3,(H,18,23)(H,19,22,26). The number of thiocarbonyl (C=S) groups is 1. The molecular formula is C17H21N3O5S. The molecule has 1 fully saturated rings. The third-order valence-corrected chi connectivity index (χ3v) is 4.10. The lowest BCUT2D eigenvalue weighted by molar-refractivity contribution is -0.148. The van der Waals surface area contributed by atoms with Crippen molar-refractivity contribution < 1.29 is 23.9 Å². The summed E-state index contributed by atoms with van der Waals surface area (Å²) in [6.07, 6.45) is -0.170. The van der Waals surface area contributed by atoms with Crippen LogP contribution < -0.4 is 10.6 Å². The molecule has 2 rings (SSSR count). The number of hydrogen-bond donors (Lipinski definition) is 2. The minimum atomic E-state index is -0.831. The van der Waals surface area contributed by atoms with Crippen LogP contribution in [0, 0.1) is 0 Å². The van der Waals surface area contributed by atoms with Gasteiger partial charge in [-0.1, -0.05) is 18.2 Å². The van der Waals surface area contributed by atoms with Gasteiger partial charge in [-0.25, -0.2) is 0 Å². The van der Waals surface area contributed by atoms with E-state index in [9.17, 15) is 14.4 Å². The van der Waals surface area contributed by atoms with E-state index in [-0.39, 0.29) is 36.6 Å². The number of benzene rings is 1. The van der Waals surface area contributed by atoms with Crippen molar-refractivity contribution in [2.75, 3.05) is 33.4 Å². The minimum Gasteiger partial charge on any atom is -0.463 e. The number of piperazine rings is 1. The maximum Gasteiger partial charge on any atom is 0.308 e. The zero-order valence-corrected chi connectivity index (χ0v) is 15.2. The summed E-state index contributed by atoms with van der Waals surface area (Å²) < 4.78 is 9.82. The van der Waals surface area contributed by atoms with Gasteiger partial charge < -0.3 is 19.7 Å². The molecule has 26 heavy (non-hydrogen) atoms. The highest BCUT2D eigenvalue weighted by Gasteiger charge is 2.34. The number of methoxy groups -OCH3 is 1. The second kappa shape index (κ2) is 9.83. The molecule has 0 spiro atoms. The van der Waals surface area contributed by atoms with Crippen LogP contribution in [0.4, 0.5) is 0 Å². The van der Waals surface area contributed by atoms with Gasteiger partial charge in [0.15, 0.2) is 5.11 Å². The predicted molar refractivity (Wildman–Crippen MR) is 97.5 cm³/mol. The molecule has 140 valence electrons. The third kappa shape index (κ3) is 5.50. The molecule has 1 aromatic carbocycles. The Balaban J connectivity index is 1.99. The fraction of sp³-hybridized carbons (Fsp3) is 0.412. The van der Waals surface area contributed by atoms with Gasteiger partial charge in [-0.3, -0.25) is 19.7 Å². The molecular weight excluding hydrogens is 358 g/mol. The molecule has 0 aliphatic carbocycles. The molecule has 0 saturated carbocycles. The largest absolute Gasteiger partial charge is 0.463 e. The molecule has 1 unspecified atom stereocenters. The van der Waals surface area contributed by atoms with Crippen molar-refractivity contribution in [3.05, 3.63) is 35.9 Å². The molecule has 1 aliphatic heterocycles. The van der Waals surface area contributed by atoms with E-state index in [1.165, 1.54) is 12.0 Å². The normalized spacial score (nSPS) is 16.6. The van der Waals surface area contributed by atoms with E-state index in [1.807, 2.05) is 0 Å². The van der Waals surface area contributed by atoms with Crippen molar-refractivity contribution in [2.24, 2.45) is 0 Å².